The van der Waals surface area contributed by atoms with Gasteiger partial charge in [-0.15, -0.1) is 10.2 Å². The quantitative estimate of drug-likeness (QED) is 0.0851. The van der Waals surface area contributed by atoms with Gasteiger partial charge in [-0.1, -0.05) is 78.5 Å². The zero-order chi connectivity index (χ0) is 51.3. The summed E-state index contributed by atoms with van der Waals surface area (Å²) in [4.78, 5) is 47.4. The average Bonchev–Trinajstić information content (AvgIpc) is 4.00. The van der Waals surface area contributed by atoms with E-state index in [-0.39, 0.29) is 35.8 Å². The molecule has 0 aliphatic heterocycles. The van der Waals surface area contributed by atoms with E-state index in [2.05, 4.69) is 46.3 Å². The molecule has 0 saturated carbocycles. The predicted molar refractivity (Wildman–Crippen MR) is 274 cm³/mol. The fraction of sp³-hybridized carbons (Fsp3) is 0.115. The smallest absolute Gasteiger partial charge is 0.358 e. The fourth-order valence-corrected chi connectivity index (χ4v) is 7.22. The molecular weight excluding hydrogens is 924 g/mol. The Labute approximate surface area is 412 Å². The van der Waals surface area contributed by atoms with Crippen LogP contribution in [-0.2, 0) is 0 Å². The average molecular weight is 974 g/mol. The van der Waals surface area contributed by atoms with E-state index in [1.807, 2.05) is 97.1 Å². The molecule has 0 fully saturated rings. The summed E-state index contributed by atoms with van der Waals surface area (Å²) >= 11 is 0. The summed E-state index contributed by atoms with van der Waals surface area (Å²) in [5.74, 6) is 0.0119. The molecule has 19 nitrogen and oxygen atoms in total. The number of fused-ring (bicyclic) bond motifs is 2. The van der Waals surface area contributed by atoms with Crippen LogP contribution in [0.1, 0.15) is 41.2 Å². The molecule has 1 amide bonds. The van der Waals surface area contributed by atoms with Crippen LogP contribution in [0, 0.1) is 13.8 Å². The van der Waals surface area contributed by atoms with Crippen molar-refractivity contribution >= 4 is 44.8 Å². The standard InChI is InChI=1S/C25H20N6O3.C14H11N3O.C11H11N3O3.CH3F.CH4/c1-15-22(28-30-31(15)18-11-13-19(34-2)14-12-18)25(33)26-17-9-7-16(8-10-17)23-20-5-3-4-6-21(20)24(32)29-27-23;15-10-7-5-9(6-8-10)13-11-3-1-2-4-12(11)14(18)17-16-13;1-7-10(11(15)16)12-13-14(7)8-3-5-9(17-2)6-4-8;1-2;/h3-14H,1-2H3,(H,26,33)(H,29,32);1-8H,15H2,(H,17,18);3-6H,1-2H3,(H,15,16);1H3;1H4/i;;;1D;. The topological polar surface area (TPSA) is 264 Å². The van der Waals surface area contributed by atoms with Gasteiger partial charge in [-0.05, 0) is 98.8 Å². The molecule has 4 aromatic heterocycles. The van der Waals surface area contributed by atoms with Gasteiger partial charge in [0, 0.05) is 33.3 Å². The van der Waals surface area contributed by atoms with Gasteiger partial charge in [-0.3, -0.25) is 18.8 Å². The van der Waals surface area contributed by atoms with Gasteiger partial charge in [0.05, 0.1) is 67.7 Å². The van der Waals surface area contributed by atoms with Crippen LogP contribution >= 0.6 is 0 Å². The number of carbonyl (C=O) groups excluding carboxylic acids is 1. The maximum absolute atomic E-state index is 12.8. The third kappa shape index (κ3) is 11.4. The highest BCUT2D eigenvalue weighted by Crippen LogP contribution is 2.27. The molecule has 0 aliphatic carbocycles. The van der Waals surface area contributed by atoms with Crippen LogP contribution in [0.4, 0.5) is 15.8 Å². The number of benzene rings is 6. The molecule has 72 heavy (non-hydrogen) atoms. The molecule has 366 valence electrons. The van der Waals surface area contributed by atoms with Crippen LogP contribution < -0.4 is 31.6 Å². The minimum absolute atomic E-state index is 0. The van der Waals surface area contributed by atoms with Crippen molar-refractivity contribution < 1.29 is 29.9 Å². The van der Waals surface area contributed by atoms with E-state index in [9.17, 15) is 23.6 Å². The van der Waals surface area contributed by atoms with Gasteiger partial charge >= 0.3 is 5.97 Å². The Morgan fingerprint density at radius 3 is 1.42 bits per heavy atom. The van der Waals surface area contributed by atoms with Gasteiger partial charge in [-0.2, -0.15) is 10.2 Å². The number of aromatic amines is 2. The molecule has 0 unspecified atom stereocenters. The van der Waals surface area contributed by atoms with Gasteiger partial charge in [0.15, 0.2) is 11.4 Å². The summed E-state index contributed by atoms with van der Waals surface area (Å²) in [6.07, 6.45) is 0. The highest BCUT2D eigenvalue weighted by Gasteiger charge is 2.19. The number of amides is 1. The van der Waals surface area contributed by atoms with Crippen LogP contribution in [-0.4, -0.2) is 88.7 Å². The molecule has 10 aromatic rings. The number of aromatic nitrogens is 10. The lowest BCUT2D eigenvalue weighted by Gasteiger charge is -2.08. The van der Waals surface area contributed by atoms with Crippen molar-refractivity contribution in [3.05, 3.63) is 189 Å². The van der Waals surface area contributed by atoms with E-state index < -0.39 is 13.1 Å². The van der Waals surface area contributed by atoms with E-state index in [4.69, 9.17) is 21.7 Å². The molecular formula is C52H49FN12O7. The number of carboxylic acid groups (broad SMARTS) is 1. The lowest BCUT2D eigenvalue weighted by molar-refractivity contribution is 0.0689. The molecule has 10 rings (SSSR count). The van der Waals surface area contributed by atoms with Crippen molar-refractivity contribution in [1.82, 2.24) is 50.4 Å². The van der Waals surface area contributed by atoms with Crippen molar-refractivity contribution in [2.24, 2.45) is 0 Å². The van der Waals surface area contributed by atoms with Crippen molar-refractivity contribution in [1.29, 1.82) is 0 Å². The van der Waals surface area contributed by atoms with Crippen LogP contribution in [0.25, 0.3) is 55.4 Å². The Morgan fingerprint density at radius 1 is 0.625 bits per heavy atom. The molecule has 0 atom stereocenters. The molecule has 0 bridgehead atoms. The fourth-order valence-electron chi connectivity index (χ4n) is 7.22. The summed E-state index contributed by atoms with van der Waals surface area (Å²) < 4.78 is 28.8. The first kappa shape index (κ1) is 50.0. The van der Waals surface area contributed by atoms with E-state index in [0.29, 0.717) is 39.2 Å². The van der Waals surface area contributed by atoms with E-state index >= 15 is 0 Å². The molecule has 4 heterocycles. The number of methoxy groups -OCH3 is 2. The molecule has 6 N–H and O–H groups in total. The molecule has 20 heteroatoms. The van der Waals surface area contributed by atoms with Gasteiger partial charge in [-0.25, -0.2) is 24.4 Å². The number of carboxylic acids is 1. The lowest BCUT2D eigenvalue weighted by Crippen LogP contribution is -2.14. The lowest BCUT2D eigenvalue weighted by atomic mass is 10.0. The van der Waals surface area contributed by atoms with Crippen LogP contribution in [0.2, 0.25) is 0 Å². The molecule has 0 radical (unpaired) electrons. The number of nitrogens with two attached hydrogens (primary N) is 1. The Morgan fingerprint density at radius 2 is 1.01 bits per heavy atom. The SMILES string of the molecule is C.COc1ccc(-n2nnc(C(=O)Nc3ccc(-c4n[nH]c(=O)c5ccccc45)cc3)c2C)cc1.COc1ccc(-n2nnc(C(=O)O)c2C)cc1.Nc1ccc(-c2n[nH]c(=O)c3ccccc23)cc1.[2H]CF. The number of nitrogens with zero attached hydrogens (tertiary/aromatic N) is 8. The zero-order valence-electron chi connectivity index (χ0n) is 39.5. The van der Waals surface area contributed by atoms with Crippen molar-refractivity contribution in [3.8, 4) is 45.4 Å². The number of nitrogen functional groups attached to an aromatic ring is 1. The van der Waals surface area contributed by atoms with E-state index in [1.54, 1.807) is 81.3 Å². The monoisotopic (exact) mass is 973 g/mol. The van der Waals surface area contributed by atoms with Crippen molar-refractivity contribution in [3.63, 3.8) is 0 Å². The normalized spacial score (nSPS) is 10.5. The van der Waals surface area contributed by atoms with Crippen molar-refractivity contribution in [2.75, 3.05) is 32.4 Å². The highest BCUT2D eigenvalue weighted by molar-refractivity contribution is 6.04. The Hall–Kier alpha value is -9.85. The van der Waals surface area contributed by atoms with Crippen LogP contribution in [0.15, 0.2) is 155 Å². The zero-order valence-corrected chi connectivity index (χ0v) is 38.5. The minimum Gasteiger partial charge on any atom is -0.497 e. The maximum Gasteiger partial charge on any atom is 0.358 e. The number of carbonyl (C=O) groups is 2. The molecule has 0 spiro atoms. The summed E-state index contributed by atoms with van der Waals surface area (Å²) in [5.41, 5.74) is 12.5. The number of hydrogen-bond donors (Lipinski definition) is 5. The van der Waals surface area contributed by atoms with Gasteiger partial charge in [0.1, 0.15) is 11.5 Å². The van der Waals surface area contributed by atoms with Crippen LogP contribution in [0.5, 0.6) is 11.5 Å². The number of H-pyrrole nitrogens is 2. The van der Waals surface area contributed by atoms with Gasteiger partial charge in [0.25, 0.3) is 17.0 Å². The third-order valence-electron chi connectivity index (χ3n) is 10.8. The summed E-state index contributed by atoms with van der Waals surface area (Å²) in [6.45, 7) is 3.45. The molecule has 0 aliphatic rings. The number of aromatic carboxylic acids is 1. The second-order valence-corrected chi connectivity index (χ2v) is 15.1. The van der Waals surface area contributed by atoms with Gasteiger partial charge < -0.3 is 25.6 Å². The minimum atomic E-state index is -1.08. The second kappa shape index (κ2) is 23.4. The predicted octanol–water partition coefficient (Wildman–Crippen LogP) is 8.42. The Balaban J connectivity index is 0.000000188. The number of ether oxygens (including phenoxy) is 2. The van der Waals surface area contributed by atoms with E-state index in [0.717, 1.165) is 50.5 Å². The number of nitrogens with one attached hydrogen (secondary N) is 3. The Bertz CT molecular complexity index is 3600. The summed E-state index contributed by atoms with van der Waals surface area (Å²) in [5, 5.41) is 43.5. The number of alkyl halides is 1. The van der Waals surface area contributed by atoms with E-state index in [1.165, 1.54) is 4.68 Å². The summed E-state index contributed by atoms with van der Waals surface area (Å²) in [7, 11) is 2.18. The highest BCUT2D eigenvalue weighted by atomic mass is 19.1. The first-order valence-electron chi connectivity index (χ1n) is 22.0. The number of rotatable bonds is 9. The first-order chi connectivity index (χ1) is 34.8. The first-order valence-corrected chi connectivity index (χ1v) is 21.3. The maximum atomic E-state index is 12.8. The Kier molecular flexibility index (Phi) is 16.3. The molecule has 0 saturated heterocycles. The van der Waals surface area contributed by atoms with Crippen LogP contribution in [0.3, 0.4) is 0 Å². The number of hydrogen-bond acceptors (Lipinski definition) is 13. The van der Waals surface area contributed by atoms with Crippen molar-refractivity contribution in [2.45, 2.75) is 21.3 Å². The number of halogens is 1. The summed E-state index contributed by atoms with van der Waals surface area (Å²) in [6, 6.07) is 43.8. The largest absolute Gasteiger partial charge is 0.497 e. The molecule has 6 aromatic carbocycles. The third-order valence-corrected chi connectivity index (χ3v) is 10.8. The van der Waals surface area contributed by atoms with Gasteiger partial charge in [0.2, 0.25) is 0 Å². The number of anilines is 2. The second-order valence-electron chi connectivity index (χ2n) is 15.1.